The molecule has 0 heterocycles. The first kappa shape index (κ1) is 8.57. The maximum Gasteiger partial charge on any atom is 0.358 e. The summed E-state index contributed by atoms with van der Waals surface area (Å²) < 4.78 is 10.3. The van der Waals surface area contributed by atoms with Gasteiger partial charge < -0.3 is 5.11 Å². The summed E-state index contributed by atoms with van der Waals surface area (Å²) in [5, 5.41) is 7.41. The first-order valence-corrected chi connectivity index (χ1v) is 3.60. The summed E-state index contributed by atoms with van der Waals surface area (Å²) in [5.41, 5.74) is 0. The van der Waals surface area contributed by atoms with Gasteiger partial charge in [0.1, 0.15) is 0 Å². The molecular weight excluding hydrogens is 139 g/mol. The molecule has 0 saturated carbocycles. The number of aliphatic carboxylic acids is 1. The number of carboxylic acids is 1. The minimum absolute atomic E-state index is 0.407. The van der Waals surface area contributed by atoms with Crippen molar-refractivity contribution in [3.05, 3.63) is 0 Å². The third kappa shape index (κ3) is 1.75. The van der Waals surface area contributed by atoms with Gasteiger partial charge in [-0.2, -0.15) is 0 Å². The fraction of sp³-hybridized carbons (Fsp3) is 0.800. The maximum absolute atomic E-state index is 10.3. The Balaban J connectivity index is 4.27. The highest BCUT2D eigenvalue weighted by molar-refractivity contribution is 7.27. The monoisotopic (exact) mass is 149 g/mol. The van der Waals surface area contributed by atoms with Gasteiger partial charge in [-0.1, -0.05) is 11.5 Å². The Morgan fingerprint density at radius 2 is 2.22 bits per heavy atom. The van der Waals surface area contributed by atoms with Gasteiger partial charge in [-0.3, -0.25) is 0 Å². The normalized spacial score (nSPS) is 17.1. The van der Waals surface area contributed by atoms with Crippen molar-refractivity contribution in [2.75, 3.05) is 0 Å². The SMILES string of the molecule is CCC(C)([PH+]=O)C(=O)O. The summed E-state index contributed by atoms with van der Waals surface area (Å²) in [5.74, 6) is -0.988. The Morgan fingerprint density at radius 3 is 2.22 bits per heavy atom. The Morgan fingerprint density at radius 1 is 1.78 bits per heavy atom. The van der Waals surface area contributed by atoms with Crippen LogP contribution in [0, 0.1) is 0 Å². The minimum atomic E-state index is -1.03. The van der Waals surface area contributed by atoms with E-state index in [9.17, 15) is 9.36 Å². The predicted octanol–water partition coefficient (Wildman–Crippen LogP) is 1.26. The molecule has 0 spiro atoms. The fourth-order valence-corrected chi connectivity index (χ4v) is 0.499. The lowest BCUT2D eigenvalue weighted by atomic mass is 10.1. The minimum Gasteiger partial charge on any atom is -0.478 e. The number of carboxylic acid groups (broad SMARTS) is 1. The van der Waals surface area contributed by atoms with E-state index in [-0.39, 0.29) is 0 Å². The van der Waals surface area contributed by atoms with Crippen molar-refractivity contribution in [1.82, 2.24) is 0 Å². The van der Waals surface area contributed by atoms with E-state index in [4.69, 9.17) is 5.11 Å². The van der Waals surface area contributed by atoms with Crippen LogP contribution in [0.15, 0.2) is 0 Å². The molecule has 0 aliphatic rings. The average Bonchev–Trinajstić information content (AvgIpc) is 1.86. The molecule has 0 aromatic rings. The summed E-state index contributed by atoms with van der Waals surface area (Å²) in [6.45, 7) is 3.18. The van der Waals surface area contributed by atoms with Crippen LogP contribution in [-0.2, 0) is 9.36 Å². The van der Waals surface area contributed by atoms with Gasteiger partial charge in [0, 0.05) is 6.42 Å². The third-order valence-corrected chi connectivity index (χ3v) is 2.42. The van der Waals surface area contributed by atoms with Crippen molar-refractivity contribution in [2.24, 2.45) is 0 Å². The molecule has 0 aliphatic heterocycles. The van der Waals surface area contributed by atoms with Gasteiger partial charge in [0.15, 0.2) is 0 Å². The lowest BCUT2D eigenvalue weighted by molar-refractivity contribution is -0.139. The molecule has 0 saturated heterocycles. The molecule has 0 radical (unpaired) electrons. The number of carbonyl (C=O) groups is 1. The zero-order valence-corrected chi connectivity index (χ0v) is 6.47. The van der Waals surface area contributed by atoms with Gasteiger partial charge in [0.25, 0.3) is 5.16 Å². The molecule has 52 valence electrons. The highest BCUT2D eigenvalue weighted by atomic mass is 31.1. The Hall–Kier alpha value is -0.430. The molecule has 0 bridgehead atoms. The van der Waals surface area contributed by atoms with Crippen LogP contribution in [0.1, 0.15) is 20.3 Å². The fourth-order valence-electron chi connectivity index (χ4n) is 0.267. The summed E-state index contributed by atoms with van der Waals surface area (Å²) in [4.78, 5) is 10.3. The van der Waals surface area contributed by atoms with Crippen LogP contribution in [0.3, 0.4) is 0 Å². The molecule has 2 atom stereocenters. The van der Waals surface area contributed by atoms with Crippen LogP contribution >= 0.6 is 8.46 Å². The second-order valence-corrected chi connectivity index (χ2v) is 3.40. The average molecular weight is 149 g/mol. The molecule has 3 nitrogen and oxygen atoms in total. The van der Waals surface area contributed by atoms with E-state index in [1.807, 2.05) is 0 Å². The van der Waals surface area contributed by atoms with Crippen LogP contribution < -0.4 is 0 Å². The third-order valence-electron chi connectivity index (χ3n) is 1.40. The first-order valence-electron chi connectivity index (χ1n) is 2.69. The summed E-state index contributed by atoms with van der Waals surface area (Å²) in [6.07, 6.45) is 0.407. The van der Waals surface area contributed by atoms with Crippen LogP contribution in [-0.4, -0.2) is 16.2 Å². The van der Waals surface area contributed by atoms with Crippen molar-refractivity contribution in [1.29, 1.82) is 0 Å². The van der Waals surface area contributed by atoms with Gasteiger partial charge in [-0.05, 0) is 6.92 Å². The summed E-state index contributed by atoms with van der Waals surface area (Å²) in [6, 6.07) is 0. The number of hydrogen-bond acceptors (Lipinski definition) is 2. The van der Waals surface area contributed by atoms with Crippen molar-refractivity contribution in [3.8, 4) is 0 Å². The highest BCUT2D eigenvalue weighted by Crippen LogP contribution is 2.25. The summed E-state index contributed by atoms with van der Waals surface area (Å²) >= 11 is 0. The van der Waals surface area contributed by atoms with Crippen molar-refractivity contribution in [2.45, 2.75) is 25.4 Å². The molecule has 0 amide bonds. The molecule has 1 N–H and O–H groups in total. The Labute approximate surface area is 55.3 Å². The van der Waals surface area contributed by atoms with Crippen molar-refractivity contribution in [3.63, 3.8) is 0 Å². The summed E-state index contributed by atoms with van der Waals surface area (Å²) in [7, 11) is -0.767. The first-order chi connectivity index (χ1) is 4.06. The van der Waals surface area contributed by atoms with Gasteiger partial charge >= 0.3 is 14.4 Å². The zero-order chi connectivity index (χ0) is 7.49. The lowest BCUT2D eigenvalue weighted by Crippen LogP contribution is -2.27. The van der Waals surface area contributed by atoms with Gasteiger partial charge in [0.2, 0.25) is 0 Å². The second-order valence-electron chi connectivity index (χ2n) is 2.09. The Bertz CT molecular complexity index is 134. The Kier molecular flexibility index (Phi) is 2.78. The van der Waals surface area contributed by atoms with Gasteiger partial charge in [0.05, 0.1) is 0 Å². The highest BCUT2D eigenvalue weighted by Gasteiger charge is 2.39. The van der Waals surface area contributed by atoms with Gasteiger partial charge in [-0.25, -0.2) is 4.79 Å². The topological polar surface area (TPSA) is 54.4 Å². The quantitative estimate of drug-likeness (QED) is 0.614. The number of hydrogen-bond donors (Lipinski definition) is 1. The largest absolute Gasteiger partial charge is 0.478 e. The molecule has 4 heteroatoms. The van der Waals surface area contributed by atoms with E-state index < -0.39 is 19.6 Å². The molecule has 0 aromatic carbocycles. The predicted molar refractivity (Wildman–Crippen MR) is 35.3 cm³/mol. The van der Waals surface area contributed by atoms with Crippen LogP contribution in [0.25, 0.3) is 0 Å². The van der Waals surface area contributed by atoms with Crippen LogP contribution in [0.2, 0.25) is 0 Å². The van der Waals surface area contributed by atoms with Crippen molar-refractivity contribution >= 4 is 14.4 Å². The molecule has 0 aliphatic carbocycles. The maximum atomic E-state index is 10.3. The van der Waals surface area contributed by atoms with E-state index in [0.29, 0.717) is 6.42 Å². The molecule has 0 rings (SSSR count). The number of rotatable bonds is 3. The van der Waals surface area contributed by atoms with Crippen LogP contribution in [0.5, 0.6) is 0 Å². The molecule has 9 heavy (non-hydrogen) atoms. The van der Waals surface area contributed by atoms with Crippen molar-refractivity contribution < 1.29 is 14.5 Å². The van der Waals surface area contributed by atoms with E-state index in [2.05, 4.69) is 0 Å². The van der Waals surface area contributed by atoms with E-state index >= 15 is 0 Å². The smallest absolute Gasteiger partial charge is 0.358 e. The molecule has 2 unspecified atom stereocenters. The standard InChI is InChI=1S/C5H9O3P/c1-3-5(2,9-8)4(6)7/h3H2,1-2H3,(H,6,7)/p+1. The molecule has 0 fully saturated rings. The van der Waals surface area contributed by atoms with E-state index in [1.54, 1.807) is 6.92 Å². The van der Waals surface area contributed by atoms with Gasteiger partial charge in [-0.15, -0.1) is 0 Å². The second kappa shape index (κ2) is 2.92. The molecule has 0 aromatic heterocycles. The molecular formula is C5H10O3P+. The van der Waals surface area contributed by atoms with Crippen LogP contribution in [0.4, 0.5) is 0 Å². The lowest BCUT2D eigenvalue weighted by Gasteiger charge is -2.04. The van der Waals surface area contributed by atoms with E-state index in [0.717, 1.165) is 0 Å². The van der Waals surface area contributed by atoms with E-state index in [1.165, 1.54) is 6.92 Å². The zero-order valence-electron chi connectivity index (χ0n) is 5.47.